The highest BCUT2D eigenvalue weighted by atomic mass is 79.9. The first-order valence-electron chi connectivity index (χ1n) is 7.23. The zero-order chi connectivity index (χ0) is 16.5. The number of nitrogens with one attached hydrogen (secondary N) is 1. The first kappa shape index (κ1) is 14.8. The third-order valence-corrected chi connectivity index (χ3v) is 4.05. The Morgan fingerprint density at radius 2 is 2.12 bits per heavy atom. The molecule has 0 fully saturated rings. The van der Waals surface area contributed by atoms with Crippen LogP contribution in [-0.2, 0) is 0 Å². The third kappa shape index (κ3) is 2.63. The van der Waals surface area contributed by atoms with E-state index >= 15 is 0 Å². The largest absolute Gasteiger partial charge is 0.497 e. The van der Waals surface area contributed by atoms with Crippen LogP contribution in [0.3, 0.4) is 0 Å². The van der Waals surface area contributed by atoms with Gasteiger partial charge >= 0.3 is 0 Å². The fourth-order valence-electron chi connectivity index (χ4n) is 2.43. The highest BCUT2D eigenvalue weighted by molar-refractivity contribution is 9.10. The van der Waals surface area contributed by atoms with Gasteiger partial charge in [0.15, 0.2) is 11.6 Å². The predicted molar refractivity (Wildman–Crippen MR) is 93.1 cm³/mol. The van der Waals surface area contributed by atoms with E-state index in [1.165, 1.54) is 0 Å². The summed E-state index contributed by atoms with van der Waals surface area (Å²) in [5.41, 5.74) is 2.61. The number of furan rings is 1. The summed E-state index contributed by atoms with van der Waals surface area (Å²) < 4.78 is 13.1. The Labute approximate surface area is 146 Å². The van der Waals surface area contributed by atoms with Crippen LogP contribution < -0.4 is 4.74 Å². The Kier molecular flexibility index (Phi) is 3.70. The molecule has 0 amide bonds. The Morgan fingerprint density at radius 3 is 2.83 bits per heavy atom. The van der Waals surface area contributed by atoms with Gasteiger partial charge in [0.2, 0.25) is 0 Å². The lowest BCUT2D eigenvalue weighted by molar-refractivity contribution is 0.414. The number of methoxy groups -OCH3 is 1. The highest BCUT2D eigenvalue weighted by Gasteiger charge is 2.17. The van der Waals surface area contributed by atoms with Crippen molar-refractivity contribution in [3.8, 4) is 34.2 Å². The van der Waals surface area contributed by atoms with E-state index < -0.39 is 0 Å². The van der Waals surface area contributed by atoms with Crippen molar-refractivity contribution < 1.29 is 9.15 Å². The second-order valence-corrected chi connectivity index (χ2v) is 5.97. The Balaban J connectivity index is 1.90. The molecule has 1 N–H and O–H groups in total. The number of ether oxygens (including phenoxy) is 1. The molecular weight excluding hydrogens is 372 g/mol. The molecule has 0 aliphatic rings. The molecule has 6 nitrogen and oxygen atoms in total. The molecule has 1 aromatic carbocycles. The Bertz CT molecular complexity index is 972. The highest BCUT2D eigenvalue weighted by Crippen LogP contribution is 2.28. The van der Waals surface area contributed by atoms with Crippen LogP contribution in [-0.4, -0.2) is 26.9 Å². The van der Waals surface area contributed by atoms with Crippen LogP contribution in [0, 0.1) is 0 Å². The second-order valence-electron chi connectivity index (χ2n) is 5.12. The number of hydrogen-bond donors (Lipinski definition) is 1. The average molecular weight is 385 g/mol. The van der Waals surface area contributed by atoms with Crippen LogP contribution in [0.4, 0.5) is 0 Å². The van der Waals surface area contributed by atoms with Crippen LogP contribution in [0.15, 0.2) is 64.1 Å². The zero-order valence-electron chi connectivity index (χ0n) is 12.7. The zero-order valence-corrected chi connectivity index (χ0v) is 14.3. The van der Waals surface area contributed by atoms with E-state index in [1.807, 2.05) is 42.6 Å². The van der Waals surface area contributed by atoms with Crippen molar-refractivity contribution in [3.05, 3.63) is 59.7 Å². The fraction of sp³-hybridized carbons (Fsp3) is 0.0588. The van der Waals surface area contributed by atoms with E-state index in [1.54, 1.807) is 24.3 Å². The smallest absolute Gasteiger partial charge is 0.185 e. The summed E-state index contributed by atoms with van der Waals surface area (Å²) in [7, 11) is 1.64. The lowest BCUT2D eigenvalue weighted by Gasteiger charge is -2.06. The summed E-state index contributed by atoms with van der Waals surface area (Å²) in [6.07, 6.45) is 5.11. The van der Waals surface area contributed by atoms with Crippen molar-refractivity contribution in [1.82, 2.24) is 19.7 Å². The minimum absolute atomic E-state index is 0.596. The molecule has 120 valence electrons. The molecular formula is C17H13BrN4O2. The van der Waals surface area contributed by atoms with E-state index in [2.05, 4.69) is 31.0 Å². The van der Waals surface area contributed by atoms with E-state index in [0.717, 1.165) is 33.0 Å². The monoisotopic (exact) mass is 384 g/mol. The summed E-state index contributed by atoms with van der Waals surface area (Å²) in [5, 5.41) is 4.64. The lowest BCUT2D eigenvalue weighted by Crippen LogP contribution is -1.99. The molecule has 0 aliphatic carbocycles. The number of aromatic nitrogens is 4. The molecule has 7 heteroatoms. The minimum atomic E-state index is 0.596. The molecule has 4 rings (SSSR count). The number of aromatic amines is 1. The van der Waals surface area contributed by atoms with Gasteiger partial charge in [-0.05, 0) is 40.2 Å². The molecule has 4 aromatic rings. The maximum atomic E-state index is 5.31. The molecule has 0 radical (unpaired) electrons. The number of benzene rings is 1. The van der Waals surface area contributed by atoms with E-state index in [4.69, 9.17) is 9.15 Å². The standard InChI is InChI=1S/C17H13BrN4O2/c1-23-14-4-2-3-13(8-14)22-17(12-7-15(18)19-9-12)20-16(21-22)11-5-6-24-10-11/h2-10,19H,1H3. The number of halogens is 1. The number of nitrogens with zero attached hydrogens (tertiary/aromatic N) is 3. The molecule has 3 aromatic heterocycles. The maximum Gasteiger partial charge on any atom is 0.185 e. The van der Waals surface area contributed by atoms with Crippen LogP contribution >= 0.6 is 15.9 Å². The molecule has 3 heterocycles. The van der Waals surface area contributed by atoms with Gasteiger partial charge in [-0.1, -0.05) is 6.07 Å². The van der Waals surface area contributed by atoms with Crippen LogP contribution in [0.25, 0.3) is 28.5 Å². The number of hydrogen-bond acceptors (Lipinski definition) is 4. The van der Waals surface area contributed by atoms with Gasteiger partial charge in [0.25, 0.3) is 0 Å². The van der Waals surface area contributed by atoms with Crippen LogP contribution in [0.1, 0.15) is 0 Å². The second kappa shape index (κ2) is 6.01. The van der Waals surface area contributed by atoms with Gasteiger partial charge in [0.05, 0.1) is 29.2 Å². The average Bonchev–Trinajstić information content (AvgIpc) is 3.34. The van der Waals surface area contributed by atoms with Gasteiger partial charge in [-0.3, -0.25) is 0 Å². The van der Waals surface area contributed by atoms with Crippen LogP contribution in [0.2, 0.25) is 0 Å². The van der Waals surface area contributed by atoms with E-state index in [0.29, 0.717) is 5.82 Å². The summed E-state index contributed by atoms with van der Waals surface area (Å²) in [6, 6.07) is 11.5. The minimum Gasteiger partial charge on any atom is -0.497 e. The first-order chi connectivity index (χ1) is 11.7. The quantitative estimate of drug-likeness (QED) is 0.569. The van der Waals surface area contributed by atoms with Crippen molar-refractivity contribution in [1.29, 1.82) is 0 Å². The Hall–Kier alpha value is -2.80. The van der Waals surface area contributed by atoms with Gasteiger partial charge in [0.1, 0.15) is 12.0 Å². The normalized spacial score (nSPS) is 10.9. The molecule has 24 heavy (non-hydrogen) atoms. The van der Waals surface area contributed by atoms with Gasteiger partial charge < -0.3 is 14.1 Å². The molecule has 0 saturated heterocycles. The van der Waals surface area contributed by atoms with Crippen molar-refractivity contribution in [2.24, 2.45) is 0 Å². The van der Waals surface area contributed by atoms with Gasteiger partial charge in [0, 0.05) is 17.8 Å². The van der Waals surface area contributed by atoms with E-state index in [-0.39, 0.29) is 0 Å². The van der Waals surface area contributed by atoms with Crippen LogP contribution in [0.5, 0.6) is 5.75 Å². The summed E-state index contributed by atoms with van der Waals surface area (Å²) in [6.45, 7) is 0. The van der Waals surface area contributed by atoms with Crippen molar-refractivity contribution in [2.45, 2.75) is 0 Å². The van der Waals surface area contributed by atoms with Gasteiger partial charge in [-0.15, -0.1) is 5.10 Å². The Morgan fingerprint density at radius 1 is 1.21 bits per heavy atom. The van der Waals surface area contributed by atoms with Crippen molar-refractivity contribution in [3.63, 3.8) is 0 Å². The maximum absolute atomic E-state index is 5.31. The number of rotatable bonds is 4. The predicted octanol–water partition coefficient (Wildman–Crippen LogP) is 4.29. The third-order valence-electron chi connectivity index (χ3n) is 3.59. The summed E-state index contributed by atoms with van der Waals surface area (Å²) in [5.74, 6) is 2.08. The summed E-state index contributed by atoms with van der Waals surface area (Å²) >= 11 is 3.43. The number of H-pyrrole nitrogens is 1. The van der Waals surface area contributed by atoms with Crippen molar-refractivity contribution >= 4 is 15.9 Å². The van der Waals surface area contributed by atoms with Gasteiger partial charge in [-0.25, -0.2) is 9.67 Å². The van der Waals surface area contributed by atoms with Crippen molar-refractivity contribution in [2.75, 3.05) is 7.11 Å². The molecule has 0 atom stereocenters. The lowest BCUT2D eigenvalue weighted by atomic mass is 10.2. The topological polar surface area (TPSA) is 68.9 Å². The first-order valence-corrected chi connectivity index (χ1v) is 8.02. The molecule has 0 spiro atoms. The van der Waals surface area contributed by atoms with E-state index in [9.17, 15) is 0 Å². The SMILES string of the molecule is COc1cccc(-n2nc(-c3ccoc3)nc2-c2c[nH]c(Br)c2)c1. The molecule has 0 saturated carbocycles. The fourth-order valence-corrected chi connectivity index (χ4v) is 2.79. The molecule has 0 unspecified atom stereocenters. The summed E-state index contributed by atoms with van der Waals surface area (Å²) in [4.78, 5) is 7.78. The molecule has 0 bridgehead atoms. The van der Waals surface area contributed by atoms with Gasteiger partial charge in [-0.2, -0.15) is 0 Å². The molecule has 0 aliphatic heterocycles.